The normalized spacial score (nSPS) is 18.0. The molecule has 4 aromatic rings. The van der Waals surface area contributed by atoms with E-state index in [1.54, 1.807) is 45.3 Å². The molecule has 51 heavy (non-hydrogen) atoms. The van der Waals surface area contributed by atoms with E-state index in [0.29, 0.717) is 60.4 Å². The number of hydrogen-bond donors (Lipinski definition) is 2. The fraction of sp³-hybridized carbons (Fsp3) is 0.543. The van der Waals surface area contributed by atoms with Crippen molar-refractivity contribution in [3.8, 4) is 5.75 Å². The Morgan fingerprint density at radius 2 is 1.76 bits per heavy atom. The molecule has 1 atom stereocenters. The highest BCUT2D eigenvalue weighted by atomic mass is 32.2. The number of fused-ring (bicyclic) bond motifs is 1. The van der Waals surface area contributed by atoms with Gasteiger partial charge >= 0.3 is 0 Å². The van der Waals surface area contributed by atoms with Crippen molar-refractivity contribution in [2.45, 2.75) is 63.6 Å². The predicted octanol–water partition coefficient (Wildman–Crippen LogP) is 3.44. The quantitative estimate of drug-likeness (QED) is 0.229. The molecule has 274 valence electrons. The SMILES string of the molecule is Cc1[nH]nc(Nc2ncnc3cc(OCCCN4CCN(c5cnc(C(=O)N6CCN(C)[C@H](C)C6)cn5)CC4)c(S(=O)(=O)C(C)(C)C)cc23)c1C. The van der Waals surface area contributed by atoms with Crippen molar-refractivity contribution in [3.05, 3.63) is 47.8 Å². The standard InChI is InChI=1S/C35H49N11O4S/c1-23-21-46(13-10-43(23)7)34(47)28-19-37-31(20-36-28)45-14-11-44(12-15-45)9-8-16-50-29-18-27-26(17-30(29)51(48,49)35(4,5)6)33(39-22-38-27)40-32-24(2)25(3)41-42-32/h17-20,22-23H,8-16,21H2,1-7H3,(H2,38,39,40,41,42)/t23-/m1/s1. The second kappa shape index (κ2) is 14.7. The Hall–Kier alpha value is -4.41. The molecule has 0 bridgehead atoms. The number of H-pyrrole nitrogens is 1. The van der Waals surface area contributed by atoms with Crippen LogP contribution in [0, 0.1) is 13.8 Å². The van der Waals surface area contributed by atoms with Crippen molar-refractivity contribution in [1.82, 2.24) is 44.8 Å². The lowest BCUT2D eigenvalue weighted by atomic mass is 10.2. The number of nitrogens with one attached hydrogen (secondary N) is 2. The number of carbonyl (C=O) groups is 1. The van der Waals surface area contributed by atoms with Gasteiger partial charge in [0, 0.05) is 81.1 Å². The van der Waals surface area contributed by atoms with E-state index in [4.69, 9.17) is 4.74 Å². The summed E-state index contributed by atoms with van der Waals surface area (Å²) in [5.74, 6) is 2.05. The van der Waals surface area contributed by atoms with E-state index in [1.807, 2.05) is 18.7 Å². The summed E-state index contributed by atoms with van der Waals surface area (Å²) in [7, 11) is -1.70. The Morgan fingerprint density at radius 1 is 1.00 bits per heavy atom. The third-order valence-electron chi connectivity index (χ3n) is 9.96. The van der Waals surface area contributed by atoms with Gasteiger partial charge in [0.15, 0.2) is 15.7 Å². The smallest absolute Gasteiger partial charge is 0.274 e. The molecule has 0 aliphatic carbocycles. The Bertz CT molecular complexity index is 1970. The number of aromatic amines is 1. The van der Waals surface area contributed by atoms with Crippen LogP contribution in [0.5, 0.6) is 5.75 Å². The molecule has 1 aromatic carbocycles. The largest absolute Gasteiger partial charge is 0.492 e. The number of sulfone groups is 1. The zero-order chi connectivity index (χ0) is 36.5. The van der Waals surface area contributed by atoms with Gasteiger partial charge in [0.1, 0.15) is 34.3 Å². The van der Waals surface area contributed by atoms with Crippen molar-refractivity contribution in [3.63, 3.8) is 0 Å². The highest BCUT2D eigenvalue weighted by molar-refractivity contribution is 7.92. The predicted molar refractivity (Wildman–Crippen MR) is 197 cm³/mol. The Balaban J connectivity index is 1.06. The van der Waals surface area contributed by atoms with Gasteiger partial charge in [0.25, 0.3) is 5.91 Å². The number of likely N-dealkylation sites (N-methyl/N-ethyl adjacent to an activating group) is 1. The van der Waals surface area contributed by atoms with Crippen molar-refractivity contribution >= 4 is 44.1 Å². The Labute approximate surface area is 299 Å². The fourth-order valence-electron chi connectivity index (χ4n) is 6.20. The van der Waals surface area contributed by atoms with Gasteiger partial charge in [-0.3, -0.25) is 14.8 Å². The number of piperazine rings is 2. The molecule has 2 fully saturated rings. The molecule has 2 N–H and O–H groups in total. The minimum atomic E-state index is -3.78. The molecular formula is C35H49N11O4S. The summed E-state index contributed by atoms with van der Waals surface area (Å²) in [5.41, 5.74) is 2.81. The van der Waals surface area contributed by atoms with E-state index >= 15 is 0 Å². The highest BCUT2D eigenvalue weighted by Gasteiger charge is 2.34. The third-order valence-corrected chi connectivity index (χ3v) is 12.5. The molecule has 6 rings (SSSR count). The molecule has 5 heterocycles. The lowest BCUT2D eigenvalue weighted by molar-refractivity contribution is 0.0566. The summed E-state index contributed by atoms with van der Waals surface area (Å²) in [6, 6.07) is 3.61. The van der Waals surface area contributed by atoms with Crippen LogP contribution in [-0.2, 0) is 9.84 Å². The van der Waals surface area contributed by atoms with Gasteiger partial charge in [-0.05, 0) is 61.1 Å². The van der Waals surface area contributed by atoms with Gasteiger partial charge < -0.3 is 24.8 Å². The monoisotopic (exact) mass is 719 g/mol. The zero-order valence-electron chi connectivity index (χ0n) is 30.6. The van der Waals surface area contributed by atoms with Gasteiger partial charge in [-0.25, -0.2) is 28.4 Å². The van der Waals surface area contributed by atoms with E-state index in [0.717, 1.165) is 56.3 Å². The van der Waals surface area contributed by atoms with Crippen LogP contribution in [0.4, 0.5) is 17.5 Å². The molecule has 3 aromatic heterocycles. The topological polar surface area (TPSA) is 166 Å². The van der Waals surface area contributed by atoms with E-state index in [1.165, 1.54) is 6.33 Å². The maximum Gasteiger partial charge on any atom is 0.274 e. The number of hydrogen-bond acceptors (Lipinski definition) is 13. The molecule has 16 heteroatoms. The summed E-state index contributed by atoms with van der Waals surface area (Å²) in [6.45, 7) is 17.6. The number of benzene rings is 1. The average molecular weight is 720 g/mol. The van der Waals surface area contributed by atoms with Crippen LogP contribution in [0.3, 0.4) is 0 Å². The van der Waals surface area contributed by atoms with E-state index in [-0.39, 0.29) is 16.6 Å². The molecule has 0 radical (unpaired) electrons. The number of nitrogens with zero attached hydrogens (tertiary/aromatic N) is 9. The molecule has 0 unspecified atom stereocenters. The molecule has 2 saturated heterocycles. The number of ether oxygens (including phenoxy) is 1. The number of carbonyl (C=O) groups excluding carboxylic acids is 1. The third kappa shape index (κ3) is 7.77. The summed E-state index contributed by atoms with van der Waals surface area (Å²) in [5, 5.41) is 11.1. The van der Waals surface area contributed by atoms with Crippen molar-refractivity contribution < 1.29 is 17.9 Å². The van der Waals surface area contributed by atoms with E-state index in [2.05, 4.69) is 64.1 Å². The summed E-state index contributed by atoms with van der Waals surface area (Å²) < 4.78 is 32.8. The van der Waals surface area contributed by atoms with Crippen molar-refractivity contribution in [1.29, 1.82) is 0 Å². The number of aryl methyl sites for hydroxylation is 1. The summed E-state index contributed by atoms with van der Waals surface area (Å²) >= 11 is 0. The lowest BCUT2D eigenvalue weighted by Gasteiger charge is -2.37. The summed E-state index contributed by atoms with van der Waals surface area (Å²) in [4.78, 5) is 39.6. The van der Waals surface area contributed by atoms with Gasteiger partial charge in [-0.1, -0.05) is 0 Å². The van der Waals surface area contributed by atoms with Crippen molar-refractivity contribution in [2.24, 2.45) is 0 Å². The van der Waals surface area contributed by atoms with E-state index in [9.17, 15) is 13.2 Å². The number of amides is 1. The first-order valence-electron chi connectivity index (χ1n) is 17.5. The first-order valence-corrected chi connectivity index (χ1v) is 18.9. The zero-order valence-corrected chi connectivity index (χ0v) is 31.4. The van der Waals surface area contributed by atoms with E-state index < -0.39 is 14.6 Å². The molecular weight excluding hydrogens is 671 g/mol. The minimum absolute atomic E-state index is 0.0711. The maximum absolute atomic E-state index is 13.8. The van der Waals surface area contributed by atoms with Crippen LogP contribution in [0.2, 0.25) is 0 Å². The number of anilines is 3. The molecule has 0 spiro atoms. The number of aromatic nitrogens is 6. The van der Waals surface area contributed by atoms with Crippen LogP contribution in [0.15, 0.2) is 35.7 Å². The lowest BCUT2D eigenvalue weighted by Crippen LogP contribution is -2.52. The second-order valence-corrected chi connectivity index (χ2v) is 17.1. The van der Waals surface area contributed by atoms with Gasteiger partial charge in [0.2, 0.25) is 0 Å². The first-order chi connectivity index (χ1) is 24.2. The molecule has 2 aliphatic heterocycles. The minimum Gasteiger partial charge on any atom is -0.492 e. The molecule has 2 aliphatic rings. The van der Waals surface area contributed by atoms with Crippen LogP contribution in [-0.4, -0.2) is 136 Å². The van der Waals surface area contributed by atoms with Crippen LogP contribution < -0.4 is 15.0 Å². The average Bonchev–Trinajstić information content (AvgIpc) is 3.42. The number of rotatable bonds is 10. The van der Waals surface area contributed by atoms with Crippen LogP contribution in [0.25, 0.3) is 10.9 Å². The molecule has 0 saturated carbocycles. The van der Waals surface area contributed by atoms with Gasteiger partial charge in [-0.15, -0.1) is 0 Å². The van der Waals surface area contributed by atoms with Crippen molar-refractivity contribution in [2.75, 3.05) is 76.2 Å². The summed E-state index contributed by atoms with van der Waals surface area (Å²) in [6.07, 6.45) is 5.44. The molecule has 1 amide bonds. The molecule has 15 nitrogen and oxygen atoms in total. The second-order valence-electron chi connectivity index (χ2n) is 14.5. The highest BCUT2D eigenvalue weighted by Crippen LogP contribution is 2.37. The van der Waals surface area contributed by atoms with Gasteiger partial charge in [0.05, 0.1) is 29.3 Å². The van der Waals surface area contributed by atoms with Gasteiger partial charge in [-0.2, -0.15) is 5.10 Å². The van der Waals surface area contributed by atoms with Crippen LogP contribution in [0.1, 0.15) is 55.9 Å². The fourth-order valence-corrected chi connectivity index (χ4v) is 7.51. The Kier molecular flexibility index (Phi) is 10.5. The first kappa shape index (κ1) is 36.4. The Morgan fingerprint density at radius 3 is 2.41 bits per heavy atom. The maximum atomic E-state index is 13.8. The van der Waals surface area contributed by atoms with Crippen LogP contribution >= 0.6 is 0 Å².